The fourth-order valence-electron chi connectivity index (χ4n) is 2.69. The molecule has 19 heavy (non-hydrogen) atoms. The lowest BCUT2D eigenvalue weighted by Gasteiger charge is -2.33. The number of quaternary nitrogens is 1. The summed E-state index contributed by atoms with van der Waals surface area (Å²) in [5.74, 6) is 0. The lowest BCUT2D eigenvalue weighted by molar-refractivity contribution is -1.06. The maximum Gasteiger partial charge on any atom is 0.550 e. The van der Waals surface area contributed by atoms with E-state index in [9.17, 15) is 10.0 Å². The standard InChI is InChI=1S/C14H26NO4/c1-5-8-15(17,12(16)19-13(2,3)4)11-9-14(6-7-14)18-10-11/h11,17H,5-10H2,1-4H3/q+1. The summed E-state index contributed by atoms with van der Waals surface area (Å²) >= 11 is 0. The van der Waals surface area contributed by atoms with Gasteiger partial charge in [0.25, 0.3) is 0 Å². The quantitative estimate of drug-likeness (QED) is 0.487. The van der Waals surface area contributed by atoms with E-state index < -0.39 is 16.3 Å². The Morgan fingerprint density at radius 2 is 2.11 bits per heavy atom. The van der Waals surface area contributed by atoms with Crippen molar-refractivity contribution in [2.45, 2.75) is 70.6 Å². The highest BCUT2D eigenvalue weighted by Gasteiger charge is 2.59. The zero-order chi connectivity index (χ0) is 14.3. The highest BCUT2D eigenvalue weighted by atomic mass is 16.7. The third-order valence-corrected chi connectivity index (χ3v) is 3.88. The van der Waals surface area contributed by atoms with E-state index in [-0.39, 0.29) is 11.6 Å². The van der Waals surface area contributed by atoms with Crippen LogP contribution in [0.5, 0.6) is 0 Å². The maximum absolute atomic E-state index is 12.3. The van der Waals surface area contributed by atoms with Crippen LogP contribution in [0.4, 0.5) is 4.79 Å². The molecule has 2 aliphatic rings. The van der Waals surface area contributed by atoms with Crippen molar-refractivity contribution in [2.24, 2.45) is 0 Å². The summed E-state index contributed by atoms with van der Waals surface area (Å²) in [7, 11) is 0. The lowest BCUT2D eigenvalue weighted by atomic mass is 10.1. The summed E-state index contributed by atoms with van der Waals surface area (Å²) in [5, 5.41) is 10.8. The Balaban J connectivity index is 2.10. The van der Waals surface area contributed by atoms with E-state index in [0.717, 1.165) is 25.7 Å². The van der Waals surface area contributed by atoms with Gasteiger partial charge in [0.1, 0.15) is 18.8 Å². The van der Waals surface area contributed by atoms with Gasteiger partial charge in [0.05, 0.1) is 5.60 Å². The van der Waals surface area contributed by atoms with Crippen LogP contribution in [0.1, 0.15) is 53.4 Å². The van der Waals surface area contributed by atoms with Gasteiger partial charge in [-0.25, -0.2) is 5.21 Å². The van der Waals surface area contributed by atoms with Crippen LogP contribution < -0.4 is 0 Å². The Morgan fingerprint density at radius 3 is 2.53 bits per heavy atom. The normalized spacial score (nSPS) is 28.2. The van der Waals surface area contributed by atoms with E-state index in [0.29, 0.717) is 13.2 Å². The molecule has 0 aromatic heterocycles. The second-order valence-corrected chi connectivity index (χ2v) is 6.88. The van der Waals surface area contributed by atoms with Gasteiger partial charge in [-0.1, -0.05) is 11.6 Å². The summed E-state index contributed by atoms with van der Waals surface area (Å²) in [5.41, 5.74) is -0.638. The van der Waals surface area contributed by atoms with Gasteiger partial charge in [-0.3, -0.25) is 0 Å². The lowest BCUT2D eigenvalue weighted by Crippen LogP contribution is -2.59. The number of ether oxygens (including phenoxy) is 2. The van der Waals surface area contributed by atoms with Crippen molar-refractivity contribution in [1.82, 2.24) is 0 Å². The van der Waals surface area contributed by atoms with Crippen LogP contribution in [0.25, 0.3) is 0 Å². The van der Waals surface area contributed by atoms with Crippen molar-refractivity contribution >= 4 is 6.09 Å². The van der Waals surface area contributed by atoms with Crippen LogP contribution in [0.2, 0.25) is 0 Å². The molecule has 1 N–H and O–H groups in total. The summed E-state index contributed by atoms with van der Waals surface area (Å²) in [4.78, 5) is 12.3. The molecule has 0 aromatic rings. The monoisotopic (exact) mass is 272 g/mol. The molecule has 0 radical (unpaired) electrons. The van der Waals surface area contributed by atoms with Gasteiger partial charge in [0.2, 0.25) is 0 Å². The first-order valence-corrected chi connectivity index (χ1v) is 7.19. The molecule has 2 atom stereocenters. The number of hydrogen-bond donors (Lipinski definition) is 1. The highest BCUT2D eigenvalue weighted by molar-refractivity contribution is 5.59. The molecule has 1 aliphatic carbocycles. The molecule has 2 fully saturated rings. The Labute approximate surface area is 115 Å². The molecule has 5 nitrogen and oxygen atoms in total. The van der Waals surface area contributed by atoms with Gasteiger partial charge < -0.3 is 9.47 Å². The van der Waals surface area contributed by atoms with Gasteiger partial charge in [-0.15, -0.1) is 0 Å². The van der Waals surface area contributed by atoms with Crippen molar-refractivity contribution in [3.05, 3.63) is 0 Å². The molecule has 1 heterocycles. The van der Waals surface area contributed by atoms with Gasteiger partial charge >= 0.3 is 6.09 Å². The summed E-state index contributed by atoms with van der Waals surface area (Å²) < 4.78 is 10.5. The Hall–Kier alpha value is -0.650. The number of rotatable bonds is 3. The van der Waals surface area contributed by atoms with Crippen LogP contribution in [0, 0.1) is 0 Å². The summed E-state index contributed by atoms with van der Waals surface area (Å²) in [6.45, 7) is 8.21. The van der Waals surface area contributed by atoms with E-state index in [4.69, 9.17) is 9.47 Å². The molecule has 1 saturated carbocycles. The molecular formula is C14H26NO4+. The van der Waals surface area contributed by atoms with Crippen molar-refractivity contribution < 1.29 is 24.1 Å². The minimum atomic E-state index is -0.643. The Morgan fingerprint density at radius 1 is 1.47 bits per heavy atom. The first-order valence-electron chi connectivity index (χ1n) is 7.19. The zero-order valence-electron chi connectivity index (χ0n) is 12.4. The van der Waals surface area contributed by atoms with Crippen LogP contribution in [-0.2, 0) is 9.47 Å². The smallest absolute Gasteiger partial charge is 0.412 e. The fraction of sp³-hybridized carbons (Fsp3) is 0.929. The van der Waals surface area contributed by atoms with Crippen molar-refractivity contribution in [3.63, 3.8) is 0 Å². The number of carbonyl (C=O) groups excluding carboxylic acids is 1. The predicted octanol–water partition coefficient (Wildman–Crippen LogP) is 2.86. The number of carbonyl (C=O) groups is 1. The molecule has 1 saturated heterocycles. The zero-order valence-corrected chi connectivity index (χ0v) is 12.4. The predicted molar refractivity (Wildman–Crippen MR) is 69.8 cm³/mol. The molecule has 5 heteroatoms. The second-order valence-electron chi connectivity index (χ2n) is 6.88. The van der Waals surface area contributed by atoms with Crippen molar-refractivity contribution in [2.75, 3.05) is 13.2 Å². The molecule has 110 valence electrons. The van der Waals surface area contributed by atoms with Crippen molar-refractivity contribution in [1.29, 1.82) is 0 Å². The first kappa shape index (κ1) is 14.8. The summed E-state index contributed by atoms with van der Waals surface area (Å²) in [6.07, 6.45) is 3.01. The molecule has 1 aliphatic heterocycles. The molecule has 1 amide bonds. The van der Waals surface area contributed by atoms with E-state index in [1.807, 2.05) is 27.7 Å². The minimum Gasteiger partial charge on any atom is -0.412 e. The average Bonchev–Trinajstić information content (AvgIpc) is 2.86. The minimum absolute atomic E-state index is 0.0490. The molecule has 0 bridgehead atoms. The number of hydroxylamine groups is 3. The van der Waals surface area contributed by atoms with E-state index >= 15 is 0 Å². The number of amides is 1. The Kier molecular flexibility index (Phi) is 3.66. The highest BCUT2D eigenvalue weighted by Crippen LogP contribution is 2.49. The molecule has 1 spiro atoms. The molecule has 2 unspecified atom stereocenters. The van der Waals surface area contributed by atoms with Gasteiger partial charge in [-0.05, 0) is 40.0 Å². The largest absolute Gasteiger partial charge is 0.550 e. The SMILES string of the molecule is CCC[N+](O)(C(=O)OC(C)(C)C)C1COC2(CC2)C1. The summed E-state index contributed by atoms with van der Waals surface area (Å²) in [6, 6.07) is -0.197. The van der Waals surface area contributed by atoms with E-state index in [1.54, 1.807) is 0 Å². The van der Waals surface area contributed by atoms with E-state index in [2.05, 4.69) is 0 Å². The van der Waals surface area contributed by atoms with Crippen LogP contribution >= 0.6 is 0 Å². The number of hydrogen-bond acceptors (Lipinski definition) is 4. The topological polar surface area (TPSA) is 55.8 Å². The van der Waals surface area contributed by atoms with Gasteiger partial charge in [-0.2, -0.15) is 4.79 Å². The number of nitrogens with zero attached hydrogens (tertiary/aromatic N) is 1. The molecule has 0 aromatic carbocycles. The van der Waals surface area contributed by atoms with Crippen LogP contribution in [0.3, 0.4) is 0 Å². The fourth-order valence-corrected chi connectivity index (χ4v) is 2.69. The van der Waals surface area contributed by atoms with E-state index in [1.165, 1.54) is 0 Å². The van der Waals surface area contributed by atoms with Gasteiger partial charge in [0.15, 0.2) is 6.04 Å². The maximum atomic E-state index is 12.3. The van der Waals surface area contributed by atoms with Crippen LogP contribution in [0.15, 0.2) is 0 Å². The molecular weight excluding hydrogens is 246 g/mol. The molecule has 2 rings (SSSR count). The second kappa shape index (κ2) is 4.72. The first-order chi connectivity index (χ1) is 8.71. The third-order valence-electron chi connectivity index (χ3n) is 3.88. The van der Waals surface area contributed by atoms with Gasteiger partial charge in [0, 0.05) is 6.42 Å². The average molecular weight is 272 g/mol. The van der Waals surface area contributed by atoms with Crippen molar-refractivity contribution in [3.8, 4) is 0 Å². The Bertz CT molecular complexity index is 359. The van der Waals surface area contributed by atoms with Crippen LogP contribution in [-0.4, -0.2) is 46.3 Å². The third kappa shape index (κ3) is 3.09.